The van der Waals surface area contributed by atoms with Crippen LogP contribution in [0, 0.1) is 5.92 Å². The van der Waals surface area contributed by atoms with E-state index in [4.69, 9.17) is 0 Å². The first-order chi connectivity index (χ1) is 11.6. The molecule has 0 spiro atoms. The molecule has 2 N–H and O–H groups in total. The lowest BCUT2D eigenvalue weighted by Gasteiger charge is -2.41. The van der Waals surface area contributed by atoms with E-state index in [1.165, 1.54) is 10.9 Å². The first kappa shape index (κ1) is 17.0. The minimum Gasteiger partial charge on any atom is -0.396 e. The number of carbonyl (C=O) groups excluding carboxylic acids is 1. The van der Waals surface area contributed by atoms with Crippen LogP contribution in [-0.4, -0.2) is 65.6 Å². The normalized spacial score (nSPS) is 21.6. The Balaban J connectivity index is 1.61. The Bertz CT molecular complexity index is 695. The zero-order valence-corrected chi connectivity index (χ0v) is 14.5. The van der Waals surface area contributed by atoms with Gasteiger partial charge in [0.1, 0.15) is 0 Å². The number of aryl methyl sites for hydroxylation is 1. The summed E-state index contributed by atoms with van der Waals surface area (Å²) in [6.45, 7) is 1.66. The third kappa shape index (κ3) is 3.47. The van der Waals surface area contributed by atoms with E-state index in [1.807, 2.05) is 37.3 Å². The molecule has 1 fully saturated rings. The molecule has 1 aliphatic rings. The number of likely N-dealkylation sites (tertiary alicyclic amines) is 1. The van der Waals surface area contributed by atoms with Crippen molar-refractivity contribution in [3.63, 3.8) is 0 Å². The number of aromatic amines is 1. The highest BCUT2D eigenvalue weighted by Crippen LogP contribution is 2.23. The van der Waals surface area contributed by atoms with E-state index in [9.17, 15) is 9.90 Å². The Labute approximate surface area is 143 Å². The Morgan fingerprint density at radius 3 is 2.92 bits per heavy atom. The predicted octanol–water partition coefficient (Wildman–Crippen LogP) is 1.87. The second kappa shape index (κ2) is 7.36. The van der Waals surface area contributed by atoms with Crippen molar-refractivity contribution < 1.29 is 9.90 Å². The van der Waals surface area contributed by atoms with E-state index in [0.29, 0.717) is 13.0 Å². The SMILES string of the molecule is CN(C)[C@@H]1CN(C(=O)CCc2c[nH]c3ccccc23)CC[C@@H]1CO. The number of hydrogen-bond acceptors (Lipinski definition) is 3. The van der Waals surface area contributed by atoms with Crippen LogP contribution in [0.25, 0.3) is 10.9 Å². The fourth-order valence-electron chi connectivity index (χ4n) is 3.74. The van der Waals surface area contributed by atoms with Crippen molar-refractivity contribution in [1.82, 2.24) is 14.8 Å². The summed E-state index contributed by atoms with van der Waals surface area (Å²) in [6, 6.07) is 8.44. The average Bonchev–Trinajstić information content (AvgIpc) is 3.02. The van der Waals surface area contributed by atoms with Gasteiger partial charge in [0.05, 0.1) is 0 Å². The first-order valence-electron chi connectivity index (χ1n) is 8.70. The number of nitrogens with zero attached hydrogens (tertiary/aromatic N) is 2. The molecule has 5 nitrogen and oxygen atoms in total. The van der Waals surface area contributed by atoms with Gasteiger partial charge in [-0.1, -0.05) is 18.2 Å². The number of amides is 1. The van der Waals surface area contributed by atoms with Crippen molar-refractivity contribution >= 4 is 16.8 Å². The molecule has 0 aliphatic carbocycles. The lowest BCUT2D eigenvalue weighted by atomic mass is 9.91. The molecular weight excluding hydrogens is 302 g/mol. The van der Waals surface area contributed by atoms with E-state index < -0.39 is 0 Å². The molecule has 1 amide bonds. The minimum absolute atomic E-state index is 0.195. The fraction of sp³-hybridized carbons (Fsp3) is 0.526. The van der Waals surface area contributed by atoms with E-state index >= 15 is 0 Å². The van der Waals surface area contributed by atoms with Gasteiger partial charge in [-0.2, -0.15) is 0 Å². The number of aromatic nitrogens is 1. The number of aliphatic hydroxyl groups is 1. The second-order valence-electron chi connectivity index (χ2n) is 6.96. The fourth-order valence-corrected chi connectivity index (χ4v) is 3.74. The number of carbonyl (C=O) groups is 1. The van der Waals surface area contributed by atoms with Crippen LogP contribution < -0.4 is 0 Å². The summed E-state index contributed by atoms with van der Waals surface area (Å²) in [5.74, 6) is 0.473. The smallest absolute Gasteiger partial charge is 0.222 e. The standard InChI is InChI=1S/C19H27N3O2/c1-21(2)18-12-22(10-9-15(18)13-23)19(24)8-7-14-11-20-17-6-4-3-5-16(14)17/h3-6,11,15,18,20,23H,7-10,12-13H2,1-2H3/t15-,18-/m1/s1. The summed E-state index contributed by atoms with van der Waals surface area (Å²) in [6.07, 6.45) is 4.18. The van der Waals surface area contributed by atoms with Crippen molar-refractivity contribution in [2.75, 3.05) is 33.8 Å². The van der Waals surface area contributed by atoms with Gasteiger partial charge in [-0.15, -0.1) is 0 Å². The Morgan fingerprint density at radius 2 is 2.17 bits per heavy atom. The number of aliphatic hydroxyl groups excluding tert-OH is 1. The number of para-hydroxylation sites is 1. The van der Waals surface area contributed by atoms with Gasteiger partial charge >= 0.3 is 0 Å². The summed E-state index contributed by atoms with van der Waals surface area (Å²) in [4.78, 5) is 20.0. The number of hydrogen-bond donors (Lipinski definition) is 2. The van der Waals surface area contributed by atoms with Gasteiger partial charge in [-0.25, -0.2) is 0 Å². The minimum atomic E-state index is 0.195. The van der Waals surface area contributed by atoms with Gasteiger partial charge in [-0.3, -0.25) is 4.79 Å². The first-order valence-corrected chi connectivity index (χ1v) is 8.70. The Hall–Kier alpha value is -1.85. The van der Waals surface area contributed by atoms with Crippen LogP contribution in [0.1, 0.15) is 18.4 Å². The average molecular weight is 329 g/mol. The summed E-state index contributed by atoms with van der Waals surface area (Å²) in [5, 5.41) is 10.7. The molecule has 1 saturated heterocycles. The maximum absolute atomic E-state index is 12.6. The van der Waals surface area contributed by atoms with Crippen molar-refractivity contribution in [1.29, 1.82) is 0 Å². The molecule has 3 rings (SSSR count). The largest absolute Gasteiger partial charge is 0.396 e. The van der Waals surface area contributed by atoms with Crippen molar-refractivity contribution in [2.45, 2.75) is 25.3 Å². The third-order valence-electron chi connectivity index (χ3n) is 5.26. The van der Waals surface area contributed by atoms with Gasteiger partial charge in [0.15, 0.2) is 0 Å². The highest BCUT2D eigenvalue weighted by molar-refractivity contribution is 5.84. The molecular formula is C19H27N3O2. The molecule has 2 aromatic rings. The van der Waals surface area contributed by atoms with Crippen LogP contribution in [0.15, 0.2) is 30.5 Å². The van der Waals surface area contributed by atoms with Gasteiger partial charge in [-0.05, 0) is 38.6 Å². The summed E-state index contributed by atoms with van der Waals surface area (Å²) >= 11 is 0. The molecule has 0 unspecified atom stereocenters. The van der Waals surface area contributed by atoms with Gasteiger partial charge in [0.25, 0.3) is 0 Å². The second-order valence-corrected chi connectivity index (χ2v) is 6.96. The number of piperidine rings is 1. The molecule has 24 heavy (non-hydrogen) atoms. The van der Waals surface area contributed by atoms with Crippen molar-refractivity contribution in [3.8, 4) is 0 Å². The topological polar surface area (TPSA) is 59.6 Å². The lowest BCUT2D eigenvalue weighted by Crippen LogP contribution is -2.53. The number of H-pyrrole nitrogens is 1. The van der Waals surface area contributed by atoms with Gasteiger partial charge in [0, 0.05) is 55.2 Å². The number of nitrogens with one attached hydrogen (secondary N) is 1. The maximum atomic E-state index is 12.6. The van der Waals surface area contributed by atoms with Crippen LogP contribution in [-0.2, 0) is 11.2 Å². The summed E-state index contributed by atoms with van der Waals surface area (Å²) in [5.41, 5.74) is 2.32. The zero-order valence-electron chi connectivity index (χ0n) is 14.5. The van der Waals surface area contributed by atoms with Gasteiger partial charge < -0.3 is 19.9 Å². The maximum Gasteiger partial charge on any atom is 0.222 e. The molecule has 1 aliphatic heterocycles. The van der Waals surface area contributed by atoms with E-state index in [-0.39, 0.29) is 24.5 Å². The highest BCUT2D eigenvalue weighted by Gasteiger charge is 2.32. The molecule has 130 valence electrons. The lowest BCUT2D eigenvalue weighted by molar-refractivity contribution is -0.134. The van der Waals surface area contributed by atoms with E-state index in [0.717, 1.165) is 24.9 Å². The monoisotopic (exact) mass is 329 g/mol. The molecule has 0 bridgehead atoms. The number of benzene rings is 1. The quantitative estimate of drug-likeness (QED) is 0.880. The Kier molecular flexibility index (Phi) is 5.21. The highest BCUT2D eigenvalue weighted by atomic mass is 16.3. The Morgan fingerprint density at radius 1 is 1.38 bits per heavy atom. The number of likely N-dealkylation sites (N-methyl/N-ethyl adjacent to an activating group) is 1. The molecule has 0 saturated carbocycles. The molecule has 2 atom stereocenters. The van der Waals surface area contributed by atoms with Crippen LogP contribution in [0.5, 0.6) is 0 Å². The molecule has 1 aromatic carbocycles. The third-order valence-corrected chi connectivity index (χ3v) is 5.26. The van der Waals surface area contributed by atoms with Crippen molar-refractivity contribution in [2.24, 2.45) is 5.92 Å². The van der Waals surface area contributed by atoms with Crippen LogP contribution in [0.4, 0.5) is 0 Å². The van der Waals surface area contributed by atoms with E-state index in [2.05, 4.69) is 22.0 Å². The van der Waals surface area contributed by atoms with Crippen LogP contribution in [0.2, 0.25) is 0 Å². The van der Waals surface area contributed by atoms with E-state index in [1.54, 1.807) is 0 Å². The van der Waals surface area contributed by atoms with Crippen molar-refractivity contribution in [3.05, 3.63) is 36.0 Å². The van der Waals surface area contributed by atoms with Crippen LogP contribution in [0.3, 0.4) is 0 Å². The number of rotatable bonds is 5. The molecule has 1 aromatic heterocycles. The molecule has 0 radical (unpaired) electrons. The number of fused-ring (bicyclic) bond motifs is 1. The summed E-state index contributed by atoms with van der Waals surface area (Å²) < 4.78 is 0. The van der Waals surface area contributed by atoms with Crippen LogP contribution >= 0.6 is 0 Å². The zero-order chi connectivity index (χ0) is 17.1. The molecule has 2 heterocycles. The molecule has 5 heteroatoms. The summed E-state index contributed by atoms with van der Waals surface area (Å²) in [7, 11) is 4.04. The predicted molar refractivity (Wildman–Crippen MR) is 95.9 cm³/mol. The van der Waals surface area contributed by atoms with Gasteiger partial charge in [0.2, 0.25) is 5.91 Å².